The van der Waals surface area contributed by atoms with Gasteiger partial charge in [-0.2, -0.15) is 0 Å². The zero-order valence-electron chi connectivity index (χ0n) is 16.5. The summed E-state index contributed by atoms with van der Waals surface area (Å²) >= 11 is 6.20. The predicted molar refractivity (Wildman–Crippen MR) is 131 cm³/mol. The molecule has 0 amide bonds. The molecule has 0 unspecified atom stereocenters. The number of rotatable bonds is 8. The number of imidazole rings is 1. The first kappa shape index (κ1) is 23.2. The zero-order valence-corrected chi connectivity index (χ0v) is 19.6. The smallest absolute Gasteiger partial charge is 0.191 e. The van der Waals surface area contributed by atoms with Crippen LogP contribution in [0.5, 0.6) is 0 Å². The molecular formula is C22H27ClIN5. The molecule has 154 valence electrons. The highest BCUT2D eigenvalue weighted by atomic mass is 127. The Balaban J connectivity index is 0.00000300. The Kier molecular flexibility index (Phi) is 10.0. The number of aliphatic imine (C=N–C) groups is 1. The lowest BCUT2D eigenvalue weighted by molar-refractivity contribution is 0.693. The summed E-state index contributed by atoms with van der Waals surface area (Å²) in [6, 6.07) is 18.3. The minimum Gasteiger partial charge on any atom is -0.356 e. The molecule has 0 bridgehead atoms. The number of hydrogen-bond donors (Lipinski definition) is 2. The molecule has 5 nitrogen and oxygen atoms in total. The van der Waals surface area contributed by atoms with Crippen molar-refractivity contribution in [3.8, 4) is 0 Å². The fourth-order valence-electron chi connectivity index (χ4n) is 3.02. The van der Waals surface area contributed by atoms with E-state index in [1.807, 2.05) is 42.7 Å². The molecule has 0 aliphatic carbocycles. The van der Waals surface area contributed by atoms with Gasteiger partial charge >= 0.3 is 0 Å². The number of nitrogens with one attached hydrogen (secondary N) is 2. The van der Waals surface area contributed by atoms with Gasteiger partial charge in [-0.3, -0.25) is 4.99 Å². The number of guanidine groups is 1. The van der Waals surface area contributed by atoms with Crippen molar-refractivity contribution < 1.29 is 0 Å². The van der Waals surface area contributed by atoms with Crippen molar-refractivity contribution in [2.45, 2.75) is 19.4 Å². The van der Waals surface area contributed by atoms with Gasteiger partial charge in [-0.25, -0.2) is 4.98 Å². The van der Waals surface area contributed by atoms with E-state index in [2.05, 4.69) is 49.4 Å². The molecule has 0 aliphatic heterocycles. The SMILES string of the molecule is CN=C(NCCc1ccccc1Cl)NCCc1nccn1Cc1ccccc1.I. The van der Waals surface area contributed by atoms with Crippen LogP contribution in [0.2, 0.25) is 5.02 Å². The van der Waals surface area contributed by atoms with E-state index in [4.69, 9.17) is 11.6 Å². The highest BCUT2D eigenvalue weighted by Crippen LogP contribution is 2.14. The average Bonchev–Trinajstić information content (AvgIpc) is 3.16. The van der Waals surface area contributed by atoms with Crippen LogP contribution in [0.4, 0.5) is 0 Å². The first-order valence-corrected chi connectivity index (χ1v) is 9.86. The summed E-state index contributed by atoms with van der Waals surface area (Å²) in [5, 5.41) is 7.49. The van der Waals surface area contributed by atoms with E-state index in [0.29, 0.717) is 0 Å². The molecule has 0 saturated carbocycles. The molecule has 29 heavy (non-hydrogen) atoms. The lowest BCUT2D eigenvalue weighted by Crippen LogP contribution is -2.39. The van der Waals surface area contributed by atoms with E-state index in [0.717, 1.165) is 54.8 Å². The quantitative estimate of drug-likeness (QED) is 0.265. The maximum Gasteiger partial charge on any atom is 0.191 e. The molecule has 0 saturated heterocycles. The molecule has 0 radical (unpaired) electrons. The largest absolute Gasteiger partial charge is 0.356 e. The van der Waals surface area contributed by atoms with Crippen molar-refractivity contribution in [2.75, 3.05) is 20.1 Å². The third-order valence-corrected chi connectivity index (χ3v) is 4.88. The minimum atomic E-state index is 0. The van der Waals surface area contributed by atoms with Crippen molar-refractivity contribution in [2.24, 2.45) is 4.99 Å². The van der Waals surface area contributed by atoms with E-state index in [9.17, 15) is 0 Å². The maximum atomic E-state index is 6.20. The van der Waals surface area contributed by atoms with Crippen molar-refractivity contribution in [3.63, 3.8) is 0 Å². The third-order valence-electron chi connectivity index (χ3n) is 4.51. The Morgan fingerprint density at radius 3 is 2.41 bits per heavy atom. The second kappa shape index (κ2) is 12.5. The van der Waals surface area contributed by atoms with E-state index < -0.39 is 0 Å². The van der Waals surface area contributed by atoms with Crippen LogP contribution < -0.4 is 10.6 Å². The van der Waals surface area contributed by atoms with Crippen LogP contribution in [0, 0.1) is 0 Å². The molecule has 0 atom stereocenters. The second-order valence-electron chi connectivity index (χ2n) is 6.47. The van der Waals surface area contributed by atoms with Gasteiger partial charge in [-0.15, -0.1) is 24.0 Å². The van der Waals surface area contributed by atoms with Gasteiger partial charge in [0.1, 0.15) is 5.82 Å². The molecule has 2 aromatic carbocycles. The fraction of sp³-hybridized carbons (Fsp3) is 0.273. The minimum absolute atomic E-state index is 0. The van der Waals surface area contributed by atoms with Gasteiger partial charge in [-0.1, -0.05) is 60.1 Å². The molecule has 1 heterocycles. The Morgan fingerprint density at radius 2 is 1.69 bits per heavy atom. The summed E-state index contributed by atoms with van der Waals surface area (Å²) in [7, 11) is 1.78. The van der Waals surface area contributed by atoms with Crippen LogP contribution in [0.15, 0.2) is 72.0 Å². The van der Waals surface area contributed by atoms with Gasteiger partial charge in [0, 0.05) is 50.5 Å². The molecule has 7 heteroatoms. The maximum absolute atomic E-state index is 6.20. The van der Waals surface area contributed by atoms with Crippen LogP contribution in [0.25, 0.3) is 0 Å². The van der Waals surface area contributed by atoms with E-state index >= 15 is 0 Å². The van der Waals surface area contributed by atoms with E-state index in [1.54, 1.807) is 7.05 Å². The Hall–Kier alpha value is -2.06. The normalized spacial score (nSPS) is 11.0. The standard InChI is InChI=1S/C22H26ClN5.HI/c1-24-22(26-13-11-19-9-5-6-10-20(19)23)27-14-12-21-25-15-16-28(21)17-18-7-3-2-4-8-18;/h2-10,15-16H,11-14,17H2,1H3,(H2,24,26,27);1H. The summed E-state index contributed by atoms with van der Waals surface area (Å²) in [6.45, 7) is 2.37. The van der Waals surface area contributed by atoms with Crippen LogP contribution in [-0.4, -0.2) is 35.6 Å². The average molecular weight is 524 g/mol. The molecule has 0 spiro atoms. The van der Waals surface area contributed by atoms with Crippen LogP contribution >= 0.6 is 35.6 Å². The van der Waals surface area contributed by atoms with Crippen molar-refractivity contribution in [1.82, 2.24) is 20.2 Å². The number of nitrogens with zero attached hydrogens (tertiary/aromatic N) is 3. The number of halogens is 2. The number of aromatic nitrogens is 2. The van der Waals surface area contributed by atoms with Gasteiger partial charge in [0.05, 0.1) is 0 Å². The van der Waals surface area contributed by atoms with Crippen LogP contribution in [-0.2, 0) is 19.4 Å². The molecule has 0 fully saturated rings. The summed E-state index contributed by atoms with van der Waals surface area (Å²) in [6.07, 6.45) is 5.56. The summed E-state index contributed by atoms with van der Waals surface area (Å²) < 4.78 is 2.19. The molecule has 0 aliphatic rings. The lowest BCUT2D eigenvalue weighted by Gasteiger charge is -2.13. The van der Waals surface area contributed by atoms with Crippen LogP contribution in [0.1, 0.15) is 17.0 Å². The van der Waals surface area contributed by atoms with E-state index in [-0.39, 0.29) is 24.0 Å². The first-order chi connectivity index (χ1) is 13.8. The lowest BCUT2D eigenvalue weighted by atomic mass is 10.1. The Labute approximate surface area is 194 Å². The van der Waals surface area contributed by atoms with Gasteiger partial charge < -0.3 is 15.2 Å². The Bertz CT molecular complexity index is 895. The highest BCUT2D eigenvalue weighted by Gasteiger charge is 2.05. The van der Waals surface area contributed by atoms with Crippen molar-refractivity contribution >= 4 is 41.5 Å². The fourth-order valence-corrected chi connectivity index (χ4v) is 3.25. The summed E-state index contributed by atoms with van der Waals surface area (Å²) in [5.41, 5.74) is 2.40. The van der Waals surface area contributed by atoms with Gasteiger partial charge in [-0.05, 0) is 23.6 Å². The van der Waals surface area contributed by atoms with Gasteiger partial charge in [0.15, 0.2) is 5.96 Å². The molecule has 2 N–H and O–H groups in total. The molecular weight excluding hydrogens is 497 g/mol. The number of hydrogen-bond acceptors (Lipinski definition) is 2. The van der Waals surface area contributed by atoms with Gasteiger partial charge in [0.25, 0.3) is 0 Å². The van der Waals surface area contributed by atoms with Crippen molar-refractivity contribution in [1.29, 1.82) is 0 Å². The molecule has 1 aromatic heterocycles. The van der Waals surface area contributed by atoms with E-state index in [1.165, 1.54) is 5.56 Å². The third kappa shape index (κ3) is 7.36. The number of benzene rings is 2. The van der Waals surface area contributed by atoms with Gasteiger partial charge in [0.2, 0.25) is 0 Å². The summed E-state index contributed by atoms with van der Waals surface area (Å²) in [4.78, 5) is 8.78. The highest BCUT2D eigenvalue weighted by molar-refractivity contribution is 14.0. The topological polar surface area (TPSA) is 54.2 Å². The zero-order chi connectivity index (χ0) is 19.6. The molecule has 3 rings (SSSR count). The predicted octanol–water partition coefficient (Wildman–Crippen LogP) is 4.15. The summed E-state index contributed by atoms with van der Waals surface area (Å²) in [5.74, 6) is 1.84. The monoisotopic (exact) mass is 523 g/mol. The van der Waals surface area contributed by atoms with Crippen molar-refractivity contribution in [3.05, 3.63) is 89.0 Å². The second-order valence-corrected chi connectivity index (χ2v) is 6.88. The molecule has 3 aromatic rings. The Morgan fingerprint density at radius 1 is 1.00 bits per heavy atom. The van der Waals surface area contributed by atoms with Crippen LogP contribution in [0.3, 0.4) is 0 Å². The first-order valence-electron chi connectivity index (χ1n) is 9.48.